The summed E-state index contributed by atoms with van der Waals surface area (Å²) in [6.07, 6.45) is 9.15. The van der Waals surface area contributed by atoms with Crippen molar-refractivity contribution in [3.8, 4) is 0 Å². The summed E-state index contributed by atoms with van der Waals surface area (Å²) < 4.78 is 27.9. The van der Waals surface area contributed by atoms with Crippen molar-refractivity contribution in [3.63, 3.8) is 0 Å². The van der Waals surface area contributed by atoms with E-state index in [1.165, 1.54) is 12.8 Å². The van der Waals surface area contributed by atoms with Crippen molar-refractivity contribution in [1.82, 2.24) is 0 Å². The first-order valence-corrected chi connectivity index (χ1v) is 10.2. The highest BCUT2D eigenvalue weighted by Crippen LogP contribution is 2.21. The molecule has 4 nitrogen and oxygen atoms in total. The molecule has 0 heterocycles. The predicted molar refractivity (Wildman–Crippen MR) is 93.9 cm³/mol. The first kappa shape index (κ1) is 18.0. The molecule has 1 aliphatic rings. The molecule has 0 aliphatic heterocycles. The van der Waals surface area contributed by atoms with E-state index in [1.807, 2.05) is 6.07 Å². The highest BCUT2D eigenvalue weighted by molar-refractivity contribution is 7.94. The summed E-state index contributed by atoms with van der Waals surface area (Å²) in [5.41, 5.74) is 0.520. The van der Waals surface area contributed by atoms with Crippen LogP contribution in [0.5, 0.6) is 0 Å². The summed E-state index contributed by atoms with van der Waals surface area (Å²) in [4.78, 5) is 12.4. The molecule has 1 saturated carbocycles. The molecule has 1 aromatic carbocycles. The number of rotatable bonds is 3. The number of nitrogens with one attached hydrogen (secondary N) is 1. The van der Waals surface area contributed by atoms with Crippen molar-refractivity contribution in [2.45, 2.75) is 69.5 Å². The molecule has 1 atom stereocenters. The molecule has 0 amide bonds. The molecule has 128 valence electrons. The number of benzene rings is 1. The summed E-state index contributed by atoms with van der Waals surface area (Å²) in [5.74, 6) is -0.131. The van der Waals surface area contributed by atoms with E-state index in [2.05, 4.69) is 4.72 Å². The Morgan fingerprint density at radius 3 is 2.04 bits per heavy atom. The van der Waals surface area contributed by atoms with Gasteiger partial charge in [0.05, 0.1) is 0 Å². The van der Waals surface area contributed by atoms with E-state index < -0.39 is 15.3 Å². The fourth-order valence-electron chi connectivity index (χ4n) is 3.08. The highest BCUT2D eigenvalue weighted by Gasteiger charge is 2.31. The second-order valence-electron chi connectivity index (χ2n) is 6.34. The molecular formula is C18H27NO3S. The van der Waals surface area contributed by atoms with Crippen molar-refractivity contribution >= 4 is 21.5 Å². The Labute approximate surface area is 139 Å². The maximum atomic E-state index is 12.7. The number of sulfonamides is 1. The molecule has 1 unspecified atom stereocenters. The number of Topliss-reactive ketones (excluding diaryl/α,β-unsaturated/α-hetero) is 1. The van der Waals surface area contributed by atoms with Gasteiger partial charge in [0.25, 0.3) is 0 Å². The molecule has 0 aromatic heterocycles. The van der Waals surface area contributed by atoms with Crippen LogP contribution in [0.25, 0.3) is 0 Å². The van der Waals surface area contributed by atoms with Gasteiger partial charge < -0.3 is 0 Å². The van der Waals surface area contributed by atoms with E-state index in [9.17, 15) is 13.2 Å². The third kappa shape index (κ3) is 5.98. The number of hydrogen-bond acceptors (Lipinski definition) is 3. The Bertz CT molecular complexity index is 584. The van der Waals surface area contributed by atoms with Gasteiger partial charge in [0.1, 0.15) is 5.25 Å². The van der Waals surface area contributed by atoms with Gasteiger partial charge in [0, 0.05) is 12.1 Å². The minimum Gasteiger partial charge on any atom is -0.298 e. The van der Waals surface area contributed by atoms with Crippen LogP contribution in [0.15, 0.2) is 30.3 Å². The monoisotopic (exact) mass is 337 g/mol. The van der Waals surface area contributed by atoms with Gasteiger partial charge in [-0.2, -0.15) is 0 Å². The molecule has 0 spiro atoms. The molecule has 1 fully saturated rings. The zero-order chi connectivity index (χ0) is 16.5. The van der Waals surface area contributed by atoms with Crippen LogP contribution in [-0.4, -0.2) is 19.5 Å². The van der Waals surface area contributed by atoms with Gasteiger partial charge in [0.2, 0.25) is 10.0 Å². The number of ketones is 1. The maximum absolute atomic E-state index is 12.7. The van der Waals surface area contributed by atoms with Crippen LogP contribution in [0.4, 0.5) is 5.69 Å². The van der Waals surface area contributed by atoms with E-state index >= 15 is 0 Å². The summed E-state index contributed by atoms with van der Waals surface area (Å²) >= 11 is 0. The average Bonchev–Trinajstić information content (AvgIpc) is 2.51. The van der Waals surface area contributed by atoms with Gasteiger partial charge in [-0.15, -0.1) is 0 Å². The van der Waals surface area contributed by atoms with Crippen LogP contribution in [0.1, 0.15) is 64.2 Å². The standard InChI is InChI=1S/C18H27NO3S/c20-17-14-10-5-3-1-2-4-6-11-15-18(17)23(21,22)19-16-12-8-7-9-13-16/h7-9,12-13,18-19H,1-6,10-11,14-15H2. The Balaban J connectivity index is 2.08. The summed E-state index contributed by atoms with van der Waals surface area (Å²) in [6, 6.07) is 8.80. The van der Waals surface area contributed by atoms with Crippen LogP contribution in [0, 0.1) is 0 Å². The molecule has 0 bridgehead atoms. The molecule has 1 aromatic rings. The predicted octanol–water partition coefficient (Wildman–Crippen LogP) is 4.28. The number of anilines is 1. The number of hydrogen-bond donors (Lipinski definition) is 1. The van der Waals surface area contributed by atoms with Crippen molar-refractivity contribution < 1.29 is 13.2 Å². The van der Waals surface area contributed by atoms with Crippen molar-refractivity contribution in [2.24, 2.45) is 0 Å². The number of para-hydroxylation sites is 1. The molecule has 23 heavy (non-hydrogen) atoms. The highest BCUT2D eigenvalue weighted by atomic mass is 32.2. The number of carbonyl (C=O) groups is 1. The Hall–Kier alpha value is -1.36. The quantitative estimate of drug-likeness (QED) is 0.895. The van der Waals surface area contributed by atoms with E-state index in [0.717, 1.165) is 38.5 Å². The molecule has 2 rings (SSSR count). The molecule has 1 N–H and O–H groups in total. The van der Waals surface area contributed by atoms with Gasteiger partial charge in [-0.3, -0.25) is 9.52 Å². The first-order valence-electron chi connectivity index (χ1n) is 8.69. The first-order chi connectivity index (χ1) is 11.1. The normalized spacial score (nSPS) is 21.9. The Morgan fingerprint density at radius 2 is 1.39 bits per heavy atom. The zero-order valence-electron chi connectivity index (χ0n) is 13.7. The molecule has 5 heteroatoms. The Morgan fingerprint density at radius 1 is 0.826 bits per heavy atom. The van der Waals surface area contributed by atoms with Crippen LogP contribution in [0.3, 0.4) is 0 Å². The fourth-order valence-corrected chi connectivity index (χ4v) is 4.63. The second kappa shape index (κ2) is 9.06. The maximum Gasteiger partial charge on any atom is 0.242 e. The van der Waals surface area contributed by atoms with E-state index in [0.29, 0.717) is 18.5 Å². The van der Waals surface area contributed by atoms with Crippen LogP contribution in [-0.2, 0) is 14.8 Å². The SMILES string of the molecule is O=C1CCCCCCCCCCC1S(=O)(=O)Nc1ccccc1. The van der Waals surface area contributed by atoms with Crippen LogP contribution >= 0.6 is 0 Å². The zero-order valence-corrected chi connectivity index (χ0v) is 14.5. The lowest BCUT2D eigenvalue weighted by Gasteiger charge is -2.18. The smallest absolute Gasteiger partial charge is 0.242 e. The summed E-state index contributed by atoms with van der Waals surface area (Å²) in [5, 5.41) is -0.915. The molecule has 0 radical (unpaired) electrons. The molecule has 1 aliphatic carbocycles. The average molecular weight is 337 g/mol. The lowest BCUT2D eigenvalue weighted by atomic mass is 10.0. The third-order valence-corrected chi connectivity index (χ3v) is 6.18. The van der Waals surface area contributed by atoms with E-state index in [1.54, 1.807) is 24.3 Å². The minimum atomic E-state index is -3.67. The lowest BCUT2D eigenvalue weighted by molar-refractivity contribution is -0.118. The van der Waals surface area contributed by atoms with E-state index in [4.69, 9.17) is 0 Å². The van der Waals surface area contributed by atoms with Gasteiger partial charge in [-0.05, 0) is 25.0 Å². The fraction of sp³-hybridized carbons (Fsp3) is 0.611. The molecule has 0 saturated heterocycles. The van der Waals surface area contributed by atoms with Crippen molar-refractivity contribution in [3.05, 3.63) is 30.3 Å². The van der Waals surface area contributed by atoms with Crippen LogP contribution in [0.2, 0.25) is 0 Å². The topological polar surface area (TPSA) is 63.2 Å². The Kier molecular flexibility index (Phi) is 7.09. The van der Waals surface area contributed by atoms with Gasteiger partial charge >= 0.3 is 0 Å². The van der Waals surface area contributed by atoms with Crippen molar-refractivity contribution in [2.75, 3.05) is 4.72 Å². The summed E-state index contributed by atoms with van der Waals surface area (Å²) in [6.45, 7) is 0. The lowest BCUT2D eigenvalue weighted by Crippen LogP contribution is -2.35. The van der Waals surface area contributed by atoms with Crippen LogP contribution < -0.4 is 4.72 Å². The summed E-state index contributed by atoms with van der Waals surface area (Å²) in [7, 11) is -3.67. The largest absolute Gasteiger partial charge is 0.298 e. The van der Waals surface area contributed by atoms with Gasteiger partial charge in [-0.1, -0.05) is 63.1 Å². The van der Waals surface area contributed by atoms with Gasteiger partial charge in [0.15, 0.2) is 5.78 Å². The molecular weight excluding hydrogens is 310 g/mol. The van der Waals surface area contributed by atoms with Gasteiger partial charge in [-0.25, -0.2) is 8.42 Å². The number of carbonyl (C=O) groups excluding carboxylic acids is 1. The minimum absolute atomic E-state index is 0.131. The third-order valence-electron chi connectivity index (χ3n) is 4.41. The van der Waals surface area contributed by atoms with E-state index in [-0.39, 0.29) is 5.78 Å². The van der Waals surface area contributed by atoms with Crippen molar-refractivity contribution in [1.29, 1.82) is 0 Å². The second-order valence-corrected chi connectivity index (χ2v) is 8.20.